The van der Waals surface area contributed by atoms with E-state index >= 15 is 0 Å². The van der Waals surface area contributed by atoms with Crippen LogP contribution < -0.4 is 9.64 Å². The highest BCUT2D eigenvalue weighted by atomic mass is 35.5. The standard InChI is InChI=1S/C11H17ClN4O2/c1-7-6-8(17-2)4-5-16(7)10-13-9(12)14-11(15-10)18-3/h7-8H,4-6H2,1-3H3. The molecule has 0 aliphatic carbocycles. The summed E-state index contributed by atoms with van der Waals surface area (Å²) >= 11 is 5.86. The smallest absolute Gasteiger partial charge is 0.322 e. The second-order valence-electron chi connectivity index (χ2n) is 4.32. The van der Waals surface area contributed by atoms with Crippen molar-refractivity contribution in [3.05, 3.63) is 5.28 Å². The van der Waals surface area contributed by atoms with Gasteiger partial charge >= 0.3 is 6.01 Å². The summed E-state index contributed by atoms with van der Waals surface area (Å²) in [6.45, 7) is 2.96. The summed E-state index contributed by atoms with van der Waals surface area (Å²) < 4.78 is 10.4. The largest absolute Gasteiger partial charge is 0.467 e. The van der Waals surface area contributed by atoms with Crippen LogP contribution in [0.3, 0.4) is 0 Å². The van der Waals surface area contributed by atoms with Gasteiger partial charge in [0.25, 0.3) is 0 Å². The average Bonchev–Trinajstić information content (AvgIpc) is 2.37. The van der Waals surface area contributed by atoms with Crippen molar-refractivity contribution in [1.82, 2.24) is 15.0 Å². The van der Waals surface area contributed by atoms with Gasteiger partial charge in [0.2, 0.25) is 11.2 Å². The number of methoxy groups -OCH3 is 2. The molecule has 0 aromatic carbocycles. The summed E-state index contributed by atoms with van der Waals surface area (Å²) in [6.07, 6.45) is 2.20. The molecular weight excluding hydrogens is 256 g/mol. The Kier molecular flexibility index (Phi) is 4.19. The van der Waals surface area contributed by atoms with E-state index in [0.717, 1.165) is 19.4 Å². The number of nitrogens with zero attached hydrogens (tertiary/aromatic N) is 4. The van der Waals surface area contributed by atoms with E-state index in [1.807, 2.05) is 0 Å². The van der Waals surface area contributed by atoms with Gasteiger partial charge in [-0.25, -0.2) is 0 Å². The van der Waals surface area contributed by atoms with E-state index in [1.165, 1.54) is 7.11 Å². The number of rotatable bonds is 3. The molecule has 1 fully saturated rings. The second-order valence-corrected chi connectivity index (χ2v) is 4.65. The summed E-state index contributed by atoms with van der Waals surface area (Å²) in [6, 6.07) is 0.540. The van der Waals surface area contributed by atoms with Crippen molar-refractivity contribution in [2.24, 2.45) is 0 Å². The van der Waals surface area contributed by atoms with E-state index < -0.39 is 0 Å². The van der Waals surface area contributed by atoms with Crippen LogP contribution >= 0.6 is 11.6 Å². The highest BCUT2D eigenvalue weighted by molar-refractivity contribution is 6.28. The minimum Gasteiger partial charge on any atom is -0.467 e. The molecule has 6 nitrogen and oxygen atoms in total. The third-order valence-electron chi connectivity index (χ3n) is 3.18. The zero-order chi connectivity index (χ0) is 13.1. The monoisotopic (exact) mass is 272 g/mol. The molecule has 1 aromatic rings. The van der Waals surface area contributed by atoms with E-state index in [9.17, 15) is 0 Å². The van der Waals surface area contributed by atoms with Crippen molar-refractivity contribution in [2.45, 2.75) is 31.9 Å². The predicted octanol–water partition coefficient (Wildman–Crippen LogP) is 1.54. The van der Waals surface area contributed by atoms with Crippen LogP contribution in [0.5, 0.6) is 6.01 Å². The van der Waals surface area contributed by atoms with Crippen LogP contribution in [0.15, 0.2) is 0 Å². The molecule has 0 N–H and O–H groups in total. The number of aromatic nitrogens is 3. The van der Waals surface area contributed by atoms with Crippen molar-refractivity contribution >= 4 is 17.5 Å². The van der Waals surface area contributed by atoms with Gasteiger partial charge in [0, 0.05) is 19.7 Å². The van der Waals surface area contributed by atoms with Gasteiger partial charge in [0.15, 0.2) is 0 Å². The predicted molar refractivity (Wildman–Crippen MR) is 68.2 cm³/mol. The summed E-state index contributed by atoms with van der Waals surface area (Å²) in [5.74, 6) is 0.564. The maximum Gasteiger partial charge on any atom is 0.322 e. The molecule has 7 heteroatoms. The summed E-state index contributed by atoms with van der Waals surface area (Å²) in [5, 5.41) is 0.151. The fourth-order valence-corrected chi connectivity index (χ4v) is 2.33. The molecule has 2 unspecified atom stereocenters. The number of anilines is 1. The van der Waals surface area contributed by atoms with Crippen LogP contribution in [-0.2, 0) is 4.74 Å². The number of hydrogen-bond donors (Lipinski definition) is 0. The van der Waals surface area contributed by atoms with Gasteiger partial charge in [0.05, 0.1) is 13.2 Å². The first-order valence-corrected chi connectivity index (χ1v) is 6.27. The first kappa shape index (κ1) is 13.3. The Morgan fingerprint density at radius 2 is 2.06 bits per heavy atom. The Morgan fingerprint density at radius 1 is 1.28 bits per heavy atom. The Morgan fingerprint density at radius 3 is 2.67 bits per heavy atom. The average molecular weight is 273 g/mol. The summed E-state index contributed by atoms with van der Waals surface area (Å²) in [7, 11) is 3.26. The topological polar surface area (TPSA) is 60.4 Å². The maximum absolute atomic E-state index is 5.86. The first-order chi connectivity index (χ1) is 8.63. The molecule has 0 bridgehead atoms. The minimum absolute atomic E-state index is 0.151. The van der Waals surface area contributed by atoms with Crippen molar-refractivity contribution in [1.29, 1.82) is 0 Å². The van der Waals surface area contributed by atoms with Gasteiger partial charge < -0.3 is 14.4 Å². The molecule has 0 spiro atoms. The van der Waals surface area contributed by atoms with Crippen LogP contribution in [0, 0.1) is 0 Å². The normalized spacial score (nSPS) is 24.1. The van der Waals surface area contributed by atoms with Crippen molar-refractivity contribution in [2.75, 3.05) is 25.7 Å². The van der Waals surface area contributed by atoms with Crippen LogP contribution in [0.4, 0.5) is 5.95 Å². The highest BCUT2D eigenvalue weighted by Gasteiger charge is 2.27. The van der Waals surface area contributed by atoms with Crippen molar-refractivity contribution < 1.29 is 9.47 Å². The SMILES string of the molecule is COc1nc(Cl)nc(N2CCC(OC)CC2C)n1. The van der Waals surface area contributed by atoms with Gasteiger partial charge in [0.1, 0.15) is 0 Å². The second kappa shape index (κ2) is 5.67. The van der Waals surface area contributed by atoms with E-state index in [4.69, 9.17) is 21.1 Å². The number of halogens is 1. The molecule has 2 atom stereocenters. The molecule has 0 saturated carbocycles. The number of ether oxygens (including phenoxy) is 2. The zero-order valence-electron chi connectivity index (χ0n) is 10.8. The van der Waals surface area contributed by atoms with Gasteiger partial charge in [-0.3, -0.25) is 0 Å². The third-order valence-corrected chi connectivity index (χ3v) is 3.35. The lowest BCUT2D eigenvalue weighted by Crippen LogP contribution is -2.44. The molecule has 100 valence electrons. The molecule has 1 aromatic heterocycles. The zero-order valence-corrected chi connectivity index (χ0v) is 11.5. The van der Waals surface area contributed by atoms with Crippen molar-refractivity contribution in [3.8, 4) is 6.01 Å². The lowest BCUT2D eigenvalue weighted by molar-refractivity contribution is 0.0717. The molecule has 0 radical (unpaired) electrons. The maximum atomic E-state index is 5.86. The Balaban J connectivity index is 2.18. The van der Waals surface area contributed by atoms with Crippen LogP contribution in [-0.4, -0.2) is 47.9 Å². The lowest BCUT2D eigenvalue weighted by atomic mass is 10.0. The van der Waals surface area contributed by atoms with E-state index in [-0.39, 0.29) is 11.3 Å². The third kappa shape index (κ3) is 2.81. The first-order valence-electron chi connectivity index (χ1n) is 5.89. The van der Waals surface area contributed by atoms with E-state index in [0.29, 0.717) is 18.1 Å². The van der Waals surface area contributed by atoms with Crippen LogP contribution in [0.25, 0.3) is 0 Å². The molecule has 2 rings (SSSR count). The Bertz CT molecular complexity index is 418. The quantitative estimate of drug-likeness (QED) is 0.832. The number of piperidine rings is 1. The van der Waals surface area contributed by atoms with Crippen molar-refractivity contribution in [3.63, 3.8) is 0 Å². The Hall–Kier alpha value is -1.14. The molecule has 18 heavy (non-hydrogen) atoms. The van der Waals surface area contributed by atoms with Gasteiger partial charge in [-0.1, -0.05) is 0 Å². The highest BCUT2D eigenvalue weighted by Crippen LogP contribution is 2.24. The molecular formula is C11H17ClN4O2. The lowest BCUT2D eigenvalue weighted by Gasteiger charge is -2.37. The summed E-state index contributed by atoms with van der Waals surface area (Å²) in [4.78, 5) is 14.4. The number of hydrogen-bond acceptors (Lipinski definition) is 6. The summed E-state index contributed by atoms with van der Waals surface area (Å²) in [5.41, 5.74) is 0. The fraction of sp³-hybridized carbons (Fsp3) is 0.727. The molecule has 2 heterocycles. The Labute approximate surface area is 111 Å². The van der Waals surface area contributed by atoms with E-state index in [2.05, 4.69) is 26.8 Å². The molecule has 1 saturated heterocycles. The molecule has 1 aliphatic heterocycles. The van der Waals surface area contributed by atoms with Crippen LogP contribution in [0.2, 0.25) is 5.28 Å². The minimum atomic E-state index is 0.151. The fourth-order valence-electron chi connectivity index (χ4n) is 2.18. The van der Waals surface area contributed by atoms with Gasteiger partial charge in [-0.2, -0.15) is 15.0 Å². The van der Waals surface area contributed by atoms with E-state index in [1.54, 1.807) is 7.11 Å². The van der Waals surface area contributed by atoms with Gasteiger partial charge in [-0.15, -0.1) is 0 Å². The van der Waals surface area contributed by atoms with Gasteiger partial charge in [-0.05, 0) is 31.4 Å². The van der Waals surface area contributed by atoms with Crippen LogP contribution in [0.1, 0.15) is 19.8 Å². The molecule has 0 amide bonds. The molecule has 1 aliphatic rings.